The number of hydrogen-bond donors (Lipinski definition) is 0. The number of benzene rings is 1. The number of alkyl halides is 1. The summed E-state index contributed by atoms with van der Waals surface area (Å²) in [6.45, 7) is 4.61. The van der Waals surface area contributed by atoms with Crippen molar-refractivity contribution in [2.45, 2.75) is 43.3 Å². The lowest BCUT2D eigenvalue weighted by Crippen LogP contribution is -2.56. The van der Waals surface area contributed by atoms with Gasteiger partial charge in [0.2, 0.25) is 0 Å². The van der Waals surface area contributed by atoms with Crippen molar-refractivity contribution in [2.75, 3.05) is 26.3 Å². The molecule has 2 fully saturated rings. The number of fused-ring (bicyclic) bond motifs is 2. The molecule has 0 saturated carbocycles. The maximum Gasteiger partial charge on any atom is 0.0886 e. The molecule has 0 aromatic heterocycles. The molecule has 2 bridgehead atoms. The lowest BCUT2D eigenvalue weighted by molar-refractivity contribution is 0.0366. The molecule has 23 heavy (non-hydrogen) atoms. The molecule has 3 aliphatic rings. The molecule has 4 rings (SSSR count). The molecule has 0 spiro atoms. The van der Waals surface area contributed by atoms with Gasteiger partial charge in [-0.25, -0.2) is 0 Å². The van der Waals surface area contributed by atoms with E-state index in [2.05, 4.69) is 46.2 Å². The summed E-state index contributed by atoms with van der Waals surface area (Å²) in [6, 6.07) is 11.8. The third-order valence-corrected chi connectivity index (χ3v) is 5.93. The predicted molar refractivity (Wildman–Crippen MR) is 93.5 cm³/mol. The zero-order valence-electron chi connectivity index (χ0n) is 13.5. The molecule has 0 aliphatic carbocycles. The first-order valence-corrected chi connectivity index (χ1v) is 9.25. The van der Waals surface area contributed by atoms with Crippen molar-refractivity contribution < 1.29 is 4.74 Å². The fourth-order valence-electron chi connectivity index (χ4n) is 4.22. The van der Waals surface area contributed by atoms with Gasteiger partial charge in [-0.05, 0) is 30.9 Å². The molecule has 0 amide bonds. The van der Waals surface area contributed by atoms with Gasteiger partial charge in [0.1, 0.15) is 0 Å². The Kier molecular flexibility index (Phi) is 4.61. The molecule has 4 heteroatoms. The number of rotatable bonds is 3. The first-order valence-electron chi connectivity index (χ1n) is 8.81. The Balaban J connectivity index is 1.57. The van der Waals surface area contributed by atoms with E-state index in [0.29, 0.717) is 12.1 Å². The van der Waals surface area contributed by atoms with E-state index in [-0.39, 0.29) is 5.38 Å². The van der Waals surface area contributed by atoms with E-state index in [1.54, 1.807) is 0 Å². The van der Waals surface area contributed by atoms with Gasteiger partial charge in [-0.2, -0.15) is 0 Å². The van der Waals surface area contributed by atoms with E-state index < -0.39 is 0 Å². The van der Waals surface area contributed by atoms with Crippen LogP contribution in [0.4, 0.5) is 0 Å². The number of ether oxygens (including phenoxy) is 1. The minimum atomic E-state index is 0.105. The molecule has 3 unspecified atom stereocenters. The van der Waals surface area contributed by atoms with Crippen LogP contribution in [0.25, 0.3) is 0 Å². The molecule has 1 aromatic rings. The Bertz CT molecular complexity index is 556. The highest BCUT2D eigenvalue weighted by Crippen LogP contribution is 2.38. The van der Waals surface area contributed by atoms with Crippen molar-refractivity contribution in [3.8, 4) is 0 Å². The highest BCUT2D eigenvalue weighted by Gasteiger charge is 2.41. The topological polar surface area (TPSA) is 15.7 Å². The largest absolute Gasteiger partial charge is 0.378 e. The van der Waals surface area contributed by atoms with Crippen LogP contribution in [0.5, 0.6) is 0 Å². The van der Waals surface area contributed by atoms with E-state index in [9.17, 15) is 0 Å². The molecule has 3 heterocycles. The van der Waals surface area contributed by atoms with Gasteiger partial charge in [-0.15, -0.1) is 11.6 Å². The summed E-state index contributed by atoms with van der Waals surface area (Å²) in [4.78, 5) is 5.08. The van der Waals surface area contributed by atoms with Gasteiger partial charge in [-0.1, -0.05) is 30.3 Å². The van der Waals surface area contributed by atoms with Crippen LogP contribution in [0.15, 0.2) is 42.1 Å². The molecule has 124 valence electrons. The van der Waals surface area contributed by atoms with Crippen LogP contribution < -0.4 is 0 Å². The predicted octanol–water partition coefficient (Wildman–Crippen LogP) is 3.25. The number of halogens is 1. The summed E-state index contributed by atoms with van der Waals surface area (Å²) in [5.74, 6) is 0. The van der Waals surface area contributed by atoms with Crippen LogP contribution in [-0.2, 0) is 11.3 Å². The number of nitrogens with zero attached hydrogens (tertiary/aromatic N) is 2. The van der Waals surface area contributed by atoms with Crippen molar-refractivity contribution in [1.29, 1.82) is 0 Å². The summed E-state index contributed by atoms with van der Waals surface area (Å²) in [5.41, 5.74) is 2.74. The lowest BCUT2D eigenvalue weighted by atomic mass is 9.86. The Labute approximate surface area is 143 Å². The van der Waals surface area contributed by atoms with Crippen LogP contribution in [0, 0.1) is 0 Å². The van der Waals surface area contributed by atoms with Crippen molar-refractivity contribution in [3.05, 3.63) is 47.7 Å². The smallest absolute Gasteiger partial charge is 0.0886 e. The minimum absolute atomic E-state index is 0.105. The van der Waals surface area contributed by atoms with E-state index in [1.165, 1.54) is 30.5 Å². The molecule has 3 nitrogen and oxygen atoms in total. The zero-order chi connectivity index (χ0) is 15.6. The van der Waals surface area contributed by atoms with Gasteiger partial charge in [0.05, 0.1) is 18.6 Å². The van der Waals surface area contributed by atoms with Crippen LogP contribution in [0.2, 0.25) is 0 Å². The maximum absolute atomic E-state index is 6.95. The van der Waals surface area contributed by atoms with Gasteiger partial charge >= 0.3 is 0 Å². The summed E-state index contributed by atoms with van der Waals surface area (Å²) in [7, 11) is 0. The minimum Gasteiger partial charge on any atom is -0.378 e. The fourth-order valence-corrected chi connectivity index (χ4v) is 4.70. The van der Waals surface area contributed by atoms with Crippen LogP contribution in [-0.4, -0.2) is 53.6 Å². The molecule has 3 aliphatic heterocycles. The quantitative estimate of drug-likeness (QED) is 0.790. The number of morpholine rings is 1. The first kappa shape index (κ1) is 15.5. The van der Waals surface area contributed by atoms with E-state index in [1.807, 2.05) is 0 Å². The summed E-state index contributed by atoms with van der Waals surface area (Å²) in [6.07, 6.45) is 6.19. The van der Waals surface area contributed by atoms with Crippen LogP contribution >= 0.6 is 11.6 Å². The molecule has 2 saturated heterocycles. The summed E-state index contributed by atoms with van der Waals surface area (Å²) in [5, 5.41) is 0.105. The highest BCUT2D eigenvalue weighted by atomic mass is 35.5. The number of piperidine rings is 1. The van der Waals surface area contributed by atoms with Crippen molar-refractivity contribution in [1.82, 2.24) is 9.80 Å². The third kappa shape index (κ3) is 3.15. The Morgan fingerprint density at radius 3 is 2.65 bits per heavy atom. The molecule has 0 radical (unpaired) electrons. The zero-order valence-corrected chi connectivity index (χ0v) is 14.3. The third-order valence-electron chi connectivity index (χ3n) is 5.42. The average Bonchev–Trinajstić information content (AvgIpc) is 2.60. The standard InChI is InChI=1S/C19H25ClN2O/c20-19-17-8-4-7-16(13-18(19)21-9-11-23-12-10-21)22(17)14-15-5-2-1-3-6-15/h1-3,5-6,13,16-17,19H,4,7-12,14H2. The van der Waals surface area contributed by atoms with Crippen molar-refractivity contribution >= 4 is 11.6 Å². The van der Waals surface area contributed by atoms with E-state index in [4.69, 9.17) is 16.3 Å². The molecular formula is C19H25ClN2O. The SMILES string of the molecule is ClC1C(N2CCOCC2)=CC2CCCC1N2Cc1ccccc1. The second-order valence-corrected chi connectivity index (χ2v) is 7.29. The van der Waals surface area contributed by atoms with Crippen molar-refractivity contribution in [3.63, 3.8) is 0 Å². The second kappa shape index (κ2) is 6.84. The van der Waals surface area contributed by atoms with Gasteiger partial charge in [0.15, 0.2) is 0 Å². The fraction of sp³-hybridized carbons (Fsp3) is 0.579. The lowest BCUT2D eigenvalue weighted by Gasteiger charge is -2.49. The highest BCUT2D eigenvalue weighted by molar-refractivity contribution is 6.23. The van der Waals surface area contributed by atoms with E-state index in [0.717, 1.165) is 32.8 Å². The molecule has 3 atom stereocenters. The maximum atomic E-state index is 6.95. The summed E-state index contributed by atoms with van der Waals surface area (Å²) >= 11 is 6.95. The van der Waals surface area contributed by atoms with Crippen LogP contribution in [0.3, 0.4) is 0 Å². The molecule has 0 N–H and O–H groups in total. The van der Waals surface area contributed by atoms with Gasteiger partial charge in [-0.3, -0.25) is 4.90 Å². The van der Waals surface area contributed by atoms with Gasteiger partial charge in [0.25, 0.3) is 0 Å². The Morgan fingerprint density at radius 2 is 1.87 bits per heavy atom. The normalized spacial score (nSPS) is 31.8. The summed E-state index contributed by atoms with van der Waals surface area (Å²) < 4.78 is 5.50. The Morgan fingerprint density at radius 1 is 1.09 bits per heavy atom. The molecule has 1 aromatic carbocycles. The monoisotopic (exact) mass is 332 g/mol. The Hall–Kier alpha value is -1.03. The first-order chi connectivity index (χ1) is 11.3. The number of hydrogen-bond acceptors (Lipinski definition) is 3. The van der Waals surface area contributed by atoms with Gasteiger partial charge in [0, 0.05) is 37.4 Å². The van der Waals surface area contributed by atoms with Gasteiger partial charge < -0.3 is 9.64 Å². The molecular weight excluding hydrogens is 308 g/mol. The average molecular weight is 333 g/mol. The van der Waals surface area contributed by atoms with Crippen LogP contribution in [0.1, 0.15) is 24.8 Å². The van der Waals surface area contributed by atoms with Crippen molar-refractivity contribution in [2.24, 2.45) is 0 Å². The van der Waals surface area contributed by atoms with E-state index >= 15 is 0 Å². The second-order valence-electron chi connectivity index (χ2n) is 6.82.